The second-order valence-electron chi connectivity index (χ2n) is 7.64. The first-order chi connectivity index (χ1) is 16.3. The number of rotatable bonds is 9. The van der Waals surface area contributed by atoms with Gasteiger partial charge in [-0.15, -0.1) is 0 Å². The zero-order chi connectivity index (χ0) is 24.1. The van der Waals surface area contributed by atoms with Gasteiger partial charge in [-0.25, -0.2) is 18.1 Å². The van der Waals surface area contributed by atoms with E-state index in [1.807, 2.05) is 6.92 Å². The Kier molecular flexibility index (Phi) is 6.90. The van der Waals surface area contributed by atoms with Gasteiger partial charge in [-0.2, -0.15) is 0 Å². The van der Waals surface area contributed by atoms with Crippen molar-refractivity contribution in [3.8, 4) is 0 Å². The molecule has 1 N–H and O–H groups in total. The van der Waals surface area contributed by atoms with Gasteiger partial charge >= 0.3 is 5.97 Å². The maximum absolute atomic E-state index is 13.0. The molecule has 10 heteroatoms. The van der Waals surface area contributed by atoms with E-state index in [-0.39, 0.29) is 42.4 Å². The van der Waals surface area contributed by atoms with Crippen LogP contribution in [0.25, 0.3) is 10.9 Å². The minimum atomic E-state index is -3.73. The number of nitrogens with one attached hydrogen (secondary N) is 1. The Labute approximate surface area is 196 Å². The van der Waals surface area contributed by atoms with E-state index in [1.54, 1.807) is 48.5 Å². The summed E-state index contributed by atoms with van der Waals surface area (Å²) < 4.78 is 39.1. The molecule has 4 aromatic rings. The van der Waals surface area contributed by atoms with E-state index in [2.05, 4.69) is 9.71 Å². The van der Waals surface area contributed by atoms with Gasteiger partial charge in [-0.1, -0.05) is 29.8 Å². The summed E-state index contributed by atoms with van der Waals surface area (Å²) in [5, 5.41) is 0.439. The Bertz CT molecular complexity index is 1460. The number of carbonyl (C=O) groups excluding carboxylic acids is 1. The third kappa shape index (κ3) is 5.41. The zero-order valence-corrected chi connectivity index (χ0v) is 19.2. The lowest BCUT2D eigenvalue weighted by molar-refractivity contribution is -0.145. The van der Waals surface area contributed by atoms with E-state index in [4.69, 9.17) is 9.15 Å². The first kappa shape index (κ1) is 23.4. The van der Waals surface area contributed by atoms with Gasteiger partial charge in [-0.3, -0.25) is 14.2 Å². The molecule has 0 aliphatic carbocycles. The lowest BCUT2D eigenvalue weighted by atomic mass is 10.2. The Morgan fingerprint density at radius 1 is 1.09 bits per heavy atom. The van der Waals surface area contributed by atoms with E-state index in [0.717, 1.165) is 5.56 Å². The molecule has 0 radical (unpaired) electrons. The number of fused-ring (bicyclic) bond motifs is 1. The molecule has 34 heavy (non-hydrogen) atoms. The van der Waals surface area contributed by atoms with Gasteiger partial charge < -0.3 is 9.15 Å². The van der Waals surface area contributed by atoms with E-state index >= 15 is 0 Å². The van der Waals surface area contributed by atoms with Crippen molar-refractivity contribution in [2.45, 2.75) is 31.4 Å². The van der Waals surface area contributed by atoms with Crippen LogP contribution in [0.15, 0.2) is 81.0 Å². The lowest BCUT2D eigenvalue weighted by Crippen LogP contribution is -2.28. The smallest absolute Gasteiger partial charge is 0.307 e. The Morgan fingerprint density at radius 2 is 1.85 bits per heavy atom. The minimum Gasteiger partial charge on any atom is -0.467 e. The maximum atomic E-state index is 13.0. The molecule has 0 aliphatic heterocycles. The first-order valence-electron chi connectivity index (χ1n) is 10.6. The predicted molar refractivity (Wildman–Crippen MR) is 125 cm³/mol. The second-order valence-corrected chi connectivity index (χ2v) is 9.40. The van der Waals surface area contributed by atoms with Crippen molar-refractivity contribution in [2.75, 3.05) is 6.54 Å². The fourth-order valence-corrected chi connectivity index (χ4v) is 4.38. The number of hydrogen-bond donors (Lipinski definition) is 1. The van der Waals surface area contributed by atoms with Crippen molar-refractivity contribution in [1.29, 1.82) is 0 Å². The normalized spacial score (nSPS) is 11.6. The van der Waals surface area contributed by atoms with E-state index in [9.17, 15) is 18.0 Å². The zero-order valence-electron chi connectivity index (χ0n) is 18.4. The van der Waals surface area contributed by atoms with Crippen molar-refractivity contribution >= 4 is 26.9 Å². The highest BCUT2D eigenvalue weighted by Crippen LogP contribution is 2.12. The van der Waals surface area contributed by atoms with Gasteiger partial charge in [-0.05, 0) is 43.3 Å². The van der Waals surface area contributed by atoms with Gasteiger partial charge in [0.2, 0.25) is 10.0 Å². The highest BCUT2D eigenvalue weighted by atomic mass is 32.2. The van der Waals surface area contributed by atoms with E-state index in [1.165, 1.54) is 23.0 Å². The van der Waals surface area contributed by atoms with Crippen molar-refractivity contribution in [2.24, 2.45) is 0 Å². The monoisotopic (exact) mass is 481 g/mol. The molecule has 0 unspecified atom stereocenters. The van der Waals surface area contributed by atoms with Crippen LogP contribution in [0.2, 0.25) is 0 Å². The quantitative estimate of drug-likeness (QED) is 0.365. The SMILES string of the molecule is Cc1ccc(S(=O)(=O)NCCC(=O)OCc2nc3ccccc3c(=O)n2Cc2ccco2)cc1. The summed E-state index contributed by atoms with van der Waals surface area (Å²) >= 11 is 0. The van der Waals surface area contributed by atoms with Crippen LogP contribution in [-0.4, -0.2) is 30.5 Å². The molecule has 0 saturated carbocycles. The number of benzene rings is 2. The summed E-state index contributed by atoms with van der Waals surface area (Å²) in [6.07, 6.45) is 1.33. The molecule has 176 valence electrons. The average Bonchev–Trinajstić information content (AvgIpc) is 3.33. The molecular formula is C24H23N3O6S. The molecule has 0 amide bonds. The largest absolute Gasteiger partial charge is 0.467 e. The highest BCUT2D eigenvalue weighted by molar-refractivity contribution is 7.89. The Hall–Kier alpha value is -3.76. The Balaban J connectivity index is 1.42. The van der Waals surface area contributed by atoms with Crippen molar-refractivity contribution < 1.29 is 22.4 Å². The molecule has 9 nitrogen and oxygen atoms in total. The van der Waals surface area contributed by atoms with Crippen LogP contribution < -0.4 is 10.3 Å². The van der Waals surface area contributed by atoms with Crippen LogP contribution in [0.4, 0.5) is 0 Å². The summed E-state index contributed by atoms with van der Waals surface area (Å²) in [7, 11) is -3.73. The molecule has 0 aliphatic rings. The number of para-hydroxylation sites is 1. The number of furan rings is 1. The fraction of sp³-hybridized carbons (Fsp3) is 0.208. The number of ether oxygens (including phenoxy) is 1. The second kappa shape index (κ2) is 10.0. The van der Waals surface area contributed by atoms with Crippen LogP contribution in [0, 0.1) is 6.92 Å². The van der Waals surface area contributed by atoms with Gasteiger partial charge in [0, 0.05) is 6.54 Å². The summed E-state index contributed by atoms with van der Waals surface area (Å²) in [5.74, 6) is 0.185. The molecule has 2 aromatic heterocycles. The maximum Gasteiger partial charge on any atom is 0.307 e. The third-order valence-electron chi connectivity index (χ3n) is 5.15. The lowest BCUT2D eigenvalue weighted by Gasteiger charge is -2.13. The summed E-state index contributed by atoms with van der Waals surface area (Å²) in [6, 6.07) is 16.7. The van der Waals surface area contributed by atoms with Crippen molar-refractivity contribution in [3.63, 3.8) is 0 Å². The highest BCUT2D eigenvalue weighted by Gasteiger charge is 2.16. The number of aryl methyl sites for hydroxylation is 1. The number of hydrogen-bond acceptors (Lipinski definition) is 7. The minimum absolute atomic E-state index is 0.119. The first-order valence-corrected chi connectivity index (χ1v) is 12.0. The molecule has 0 bridgehead atoms. The van der Waals surface area contributed by atoms with E-state index in [0.29, 0.717) is 16.7 Å². The average molecular weight is 482 g/mol. The van der Waals surface area contributed by atoms with Crippen LogP contribution in [0.3, 0.4) is 0 Å². The molecule has 4 rings (SSSR count). The number of sulfonamides is 1. The fourth-order valence-electron chi connectivity index (χ4n) is 3.35. The van der Waals surface area contributed by atoms with Crippen molar-refractivity contribution in [1.82, 2.24) is 14.3 Å². The molecule has 2 aromatic carbocycles. The van der Waals surface area contributed by atoms with Gasteiger partial charge in [0.05, 0.1) is 35.0 Å². The predicted octanol–water partition coefficient (Wildman–Crippen LogP) is 2.76. The molecule has 2 heterocycles. The summed E-state index contributed by atoms with van der Waals surface area (Å²) in [6.45, 7) is 1.62. The van der Waals surface area contributed by atoms with Crippen LogP contribution in [0.1, 0.15) is 23.6 Å². The Morgan fingerprint density at radius 3 is 2.59 bits per heavy atom. The molecule has 0 spiro atoms. The van der Waals surface area contributed by atoms with Gasteiger partial charge in [0.1, 0.15) is 12.4 Å². The van der Waals surface area contributed by atoms with Crippen LogP contribution >= 0.6 is 0 Å². The molecular weight excluding hydrogens is 458 g/mol. The van der Waals surface area contributed by atoms with Crippen LogP contribution in [0.5, 0.6) is 0 Å². The number of nitrogens with zero attached hydrogens (tertiary/aromatic N) is 2. The van der Waals surface area contributed by atoms with E-state index < -0.39 is 16.0 Å². The summed E-state index contributed by atoms with van der Waals surface area (Å²) in [4.78, 5) is 29.9. The van der Waals surface area contributed by atoms with Gasteiger partial charge in [0.25, 0.3) is 5.56 Å². The van der Waals surface area contributed by atoms with Crippen molar-refractivity contribution in [3.05, 3.63) is 94.4 Å². The van der Waals surface area contributed by atoms with Crippen LogP contribution in [-0.2, 0) is 32.7 Å². The third-order valence-corrected chi connectivity index (χ3v) is 6.63. The standard InChI is InChI=1S/C24H23N3O6S/c1-17-8-10-19(11-9-17)34(30,31)25-13-12-23(28)33-16-22-26-21-7-3-2-6-20(21)24(29)27(22)15-18-5-4-14-32-18/h2-11,14,25H,12-13,15-16H2,1H3. The number of esters is 1. The molecule has 0 atom stereocenters. The molecule has 0 saturated heterocycles. The number of aromatic nitrogens is 2. The molecule has 0 fully saturated rings. The number of carbonyl (C=O) groups is 1. The van der Waals surface area contributed by atoms with Gasteiger partial charge in [0.15, 0.2) is 5.82 Å². The summed E-state index contributed by atoms with van der Waals surface area (Å²) in [5.41, 5.74) is 1.15. The topological polar surface area (TPSA) is 121 Å².